The van der Waals surface area contributed by atoms with Crippen LogP contribution >= 0.6 is 23.2 Å². The summed E-state index contributed by atoms with van der Waals surface area (Å²) in [6, 6.07) is 4.62. The second-order valence-corrected chi connectivity index (χ2v) is 6.13. The molecule has 0 saturated heterocycles. The van der Waals surface area contributed by atoms with Gasteiger partial charge in [-0.15, -0.1) is 0 Å². The number of halogens is 2. The van der Waals surface area contributed by atoms with Crippen LogP contribution in [0.5, 0.6) is 17.4 Å². The first-order valence-corrected chi connectivity index (χ1v) is 8.16. The molecule has 0 saturated carbocycles. The largest absolute Gasteiger partial charge is 0.495 e. The van der Waals surface area contributed by atoms with Crippen LogP contribution in [0, 0.1) is 0 Å². The number of nitrogens with one attached hydrogen (secondary N) is 1. The summed E-state index contributed by atoms with van der Waals surface area (Å²) in [4.78, 5) is 16.6. The van der Waals surface area contributed by atoms with Gasteiger partial charge in [-0.1, -0.05) is 23.2 Å². The van der Waals surface area contributed by atoms with E-state index in [0.717, 1.165) is 0 Å². The molecule has 0 spiro atoms. The van der Waals surface area contributed by atoms with E-state index >= 15 is 0 Å². The van der Waals surface area contributed by atoms with Crippen LogP contribution in [0.25, 0.3) is 0 Å². The third-order valence-electron chi connectivity index (χ3n) is 3.14. The summed E-state index contributed by atoms with van der Waals surface area (Å²) >= 11 is 12.2. The summed E-state index contributed by atoms with van der Waals surface area (Å²) in [6.07, 6.45) is 1.31. The molecule has 25 heavy (non-hydrogen) atoms. The van der Waals surface area contributed by atoms with E-state index in [1.807, 2.05) is 13.8 Å². The number of carbonyl (C=O) groups excluding carboxylic acids is 1. The van der Waals surface area contributed by atoms with Crippen LogP contribution in [0.2, 0.25) is 10.0 Å². The number of carbonyl (C=O) groups is 1. The van der Waals surface area contributed by atoms with E-state index in [2.05, 4.69) is 10.3 Å². The lowest BCUT2D eigenvalue weighted by atomic mass is 10.2. The molecule has 1 N–H and O–H groups in total. The minimum atomic E-state index is -0.409. The number of amides is 1. The minimum absolute atomic E-state index is 0.0736. The highest BCUT2D eigenvalue weighted by Crippen LogP contribution is 2.36. The molecule has 0 aliphatic carbocycles. The van der Waals surface area contributed by atoms with Gasteiger partial charge in [-0.05, 0) is 19.9 Å². The van der Waals surface area contributed by atoms with E-state index in [1.54, 1.807) is 12.1 Å². The first-order chi connectivity index (χ1) is 11.8. The zero-order valence-corrected chi connectivity index (χ0v) is 15.7. The third kappa shape index (κ3) is 4.67. The predicted molar refractivity (Wildman–Crippen MR) is 97.5 cm³/mol. The van der Waals surface area contributed by atoms with Crippen LogP contribution in [0.1, 0.15) is 24.2 Å². The summed E-state index contributed by atoms with van der Waals surface area (Å²) in [6.45, 7) is 3.72. The molecule has 1 aromatic heterocycles. The average Bonchev–Trinajstić information content (AvgIpc) is 2.57. The second-order valence-electron chi connectivity index (χ2n) is 5.32. The van der Waals surface area contributed by atoms with Gasteiger partial charge in [-0.25, -0.2) is 4.98 Å². The lowest BCUT2D eigenvalue weighted by molar-refractivity contribution is 0.102. The number of pyridine rings is 1. The highest BCUT2D eigenvalue weighted by molar-refractivity contribution is 6.32. The Labute approximate surface area is 156 Å². The Kier molecular flexibility index (Phi) is 6.33. The number of rotatable bonds is 6. The molecule has 6 nitrogen and oxygen atoms in total. The Morgan fingerprint density at radius 3 is 2.32 bits per heavy atom. The van der Waals surface area contributed by atoms with Crippen molar-refractivity contribution < 1.29 is 19.0 Å². The number of aromatic nitrogens is 1. The Balaban J connectivity index is 2.26. The number of benzene rings is 1. The van der Waals surface area contributed by atoms with Crippen LogP contribution in [0.15, 0.2) is 24.4 Å². The zero-order chi connectivity index (χ0) is 18.6. The molecule has 8 heteroatoms. The van der Waals surface area contributed by atoms with Crippen molar-refractivity contribution in [1.29, 1.82) is 0 Å². The fraction of sp³-hybridized carbons (Fsp3) is 0.294. The Bertz CT molecular complexity index is 781. The zero-order valence-electron chi connectivity index (χ0n) is 14.2. The lowest BCUT2D eigenvalue weighted by Gasteiger charge is -2.14. The summed E-state index contributed by atoms with van der Waals surface area (Å²) in [7, 11) is 2.96. The van der Waals surface area contributed by atoms with Gasteiger partial charge in [0.25, 0.3) is 5.91 Å². The van der Waals surface area contributed by atoms with Gasteiger partial charge in [-0.3, -0.25) is 4.79 Å². The number of ether oxygens (including phenoxy) is 3. The van der Waals surface area contributed by atoms with Crippen molar-refractivity contribution in [2.75, 3.05) is 19.5 Å². The van der Waals surface area contributed by atoms with E-state index in [-0.39, 0.29) is 22.6 Å². The van der Waals surface area contributed by atoms with E-state index in [1.165, 1.54) is 26.5 Å². The molecule has 0 radical (unpaired) electrons. The molecule has 1 amide bonds. The minimum Gasteiger partial charge on any atom is -0.495 e. The van der Waals surface area contributed by atoms with Crippen molar-refractivity contribution in [3.63, 3.8) is 0 Å². The standard InChI is InChI=1S/C17H18Cl2N2O4/c1-9(2)25-17-12(19)5-10(8-20-17)16(22)21-13-7-14(23-3)11(18)6-15(13)24-4/h5-9H,1-4H3,(H,21,22). The normalized spacial score (nSPS) is 10.5. The molecular weight excluding hydrogens is 367 g/mol. The number of anilines is 1. The van der Waals surface area contributed by atoms with Crippen molar-refractivity contribution in [1.82, 2.24) is 4.98 Å². The molecule has 1 aromatic carbocycles. The van der Waals surface area contributed by atoms with Crippen LogP contribution in [-0.2, 0) is 0 Å². The van der Waals surface area contributed by atoms with Crippen LogP contribution in [-0.4, -0.2) is 31.2 Å². The highest BCUT2D eigenvalue weighted by Gasteiger charge is 2.16. The van der Waals surface area contributed by atoms with Gasteiger partial charge in [0.05, 0.1) is 36.6 Å². The van der Waals surface area contributed by atoms with E-state index in [9.17, 15) is 4.79 Å². The first kappa shape index (κ1) is 19.1. The van der Waals surface area contributed by atoms with E-state index in [4.69, 9.17) is 37.4 Å². The van der Waals surface area contributed by atoms with Gasteiger partial charge in [-0.2, -0.15) is 0 Å². The molecular formula is C17H18Cl2N2O4. The highest BCUT2D eigenvalue weighted by atomic mass is 35.5. The Morgan fingerprint density at radius 1 is 1.08 bits per heavy atom. The molecule has 2 rings (SSSR count). The van der Waals surface area contributed by atoms with Crippen molar-refractivity contribution in [3.05, 3.63) is 40.0 Å². The van der Waals surface area contributed by atoms with Gasteiger partial charge in [0, 0.05) is 18.3 Å². The molecule has 0 fully saturated rings. The summed E-state index contributed by atoms with van der Waals surface area (Å²) in [5, 5.41) is 3.35. The maximum atomic E-state index is 12.5. The summed E-state index contributed by atoms with van der Waals surface area (Å²) in [5.74, 6) is 0.680. The van der Waals surface area contributed by atoms with Gasteiger partial charge in [0.1, 0.15) is 16.5 Å². The second kappa shape index (κ2) is 8.27. The van der Waals surface area contributed by atoms with E-state index in [0.29, 0.717) is 22.2 Å². The molecule has 0 atom stereocenters. The Hall–Kier alpha value is -2.18. The Morgan fingerprint density at radius 2 is 1.76 bits per heavy atom. The maximum Gasteiger partial charge on any atom is 0.257 e. The number of hydrogen-bond donors (Lipinski definition) is 1. The van der Waals surface area contributed by atoms with Crippen molar-refractivity contribution in [2.24, 2.45) is 0 Å². The fourth-order valence-electron chi connectivity index (χ4n) is 2.01. The summed E-state index contributed by atoms with van der Waals surface area (Å²) in [5.41, 5.74) is 0.685. The molecule has 2 aromatic rings. The molecule has 0 bridgehead atoms. The lowest BCUT2D eigenvalue weighted by Crippen LogP contribution is -2.14. The number of hydrogen-bond acceptors (Lipinski definition) is 5. The molecule has 134 valence electrons. The van der Waals surface area contributed by atoms with Gasteiger partial charge in [0.15, 0.2) is 0 Å². The SMILES string of the molecule is COc1cc(NC(=O)c2cnc(OC(C)C)c(Cl)c2)c(OC)cc1Cl. The van der Waals surface area contributed by atoms with Crippen LogP contribution < -0.4 is 19.5 Å². The number of nitrogens with zero attached hydrogens (tertiary/aromatic N) is 1. The van der Waals surface area contributed by atoms with Crippen molar-refractivity contribution >= 4 is 34.8 Å². The van der Waals surface area contributed by atoms with E-state index < -0.39 is 5.91 Å². The van der Waals surface area contributed by atoms with Gasteiger partial charge < -0.3 is 19.5 Å². The first-order valence-electron chi connectivity index (χ1n) is 7.40. The van der Waals surface area contributed by atoms with Crippen molar-refractivity contribution in [2.45, 2.75) is 20.0 Å². The predicted octanol–water partition coefficient (Wildman–Crippen LogP) is 4.45. The van der Waals surface area contributed by atoms with Crippen molar-refractivity contribution in [3.8, 4) is 17.4 Å². The quantitative estimate of drug-likeness (QED) is 0.796. The summed E-state index contributed by atoms with van der Waals surface area (Å²) < 4.78 is 15.8. The smallest absolute Gasteiger partial charge is 0.257 e. The average molecular weight is 385 g/mol. The topological polar surface area (TPSA) is 69.7 Å². The fourth-order valence-corrected chi connectivity index (χ4v) is 2.45. The molecule has 1 heterocycles. The number of methoxy groups -OCH3 is 2. The molecule has 0 aliphatic rings. The third-order valence-corrected chi connectivity index (χ3v) is 3.71. The monoisotopic (exact) mass is 384 g/mol. The molecule has 0 aliphatic heterocycles. The van der Waals surface area contributed by atoms with Crippen LogP contribution in [0.4, 0.5) is 5.69 Å². The van der Waals surface area contributed by atoms with Gasteiger partial charge in [0.2, 0.25) is 5.88 Å². The van der Waals surface area contributed by atoms with Gasteiger partial charge >= 0.3 is 0 Å². The molecule has 0 unspecified atom stereocenters. The van der Waals surface area contributed by atoms with Crippen LogP contribution in [0.3, 0.4) is 0 Å². The maximum absolute atomic E-state index is 12.5.